The van der Waals surface area contributed by atoms with Crippen molar-refractivity contribution in [3.63, 3.8) is 0 Å². The molecule has 0 N–H and O–H groups in total. The van der Waals surface area contributed by atoms with Crippen LogP contribution in [0.5, 0.6) is 0 Å². The maximum absolute atomic E-state index is 12.9. The molecule has 1 aliphatic heterocycles. The fourth-order valence-corrected chi connectivity index (χ4v) is 3.59. The average Bonchev–Trinajstić information content (AvgIpc) is 3.03. The summed E-state index contributed by atoms with van der Waals surface area (Å²) in [5.41, 5.74) is 0. The first-order valence-electron chi connectivity index (χ1n) is 8.81. The van der Waals surface area contributed by atoms with Gasteiger partial charge >= 0.3 is 12.0 Å². The number of esters is 1. The van der Waals surface area contributed by atoms with E-state index in [9.17, 15) is 9.59 Å². The van der Waals surface area contributed by atoms with Gasteiger partial charge in [-0.25, -0.2) is 9.69 Å². The van der Waals surface area contributed by atoms with Crippen LogP contribution in [0.15, 0.2) is 12.7 Å². The summed E-state index contributed by atoms with van der Waals surface area (Å²) >= 11 is 1.38. The fraction of sp³-hybridized carbons (Fsp3) is 0.647. The number of aromatic nitrogens is 2. The van der Waals surface area contributed by atoms with Crippen LogP contribution in [0.3, 0.4) is 0 Å². The quantitative estimate of drug-likeness (QED) is 0.495. The number of unbranched alkanes of at least 4 members (excludes halogenated alkanes) is 1. The summed E-state index contributed by atoms with van der Waals surface area (Å²) in [6, 6.07) is -0.171. The maximum atomic E-state index is 12.9. The van der Waals surface area contributed by atoms with Gasteiger partial charge in [0, 0.05) is 25.9 Å². The highest BCUT2D eigenvalue weighted by Gasteiger charge is 2.38. The number of urea groups is 1. The zero-order valence-corrected chi connectivity index (χ0v) is 15.8. The van der Waals surface area contributed by atoms with Crippen molar-refractivity contribution in [1.29, 1.82) is 0 Å². The second-order valence-corrected chi connectivity index (χ2v) is 6.99. The minimum absolute atomic E-state index is 0.120. The van der Waals surface area contributed by atoms with E-state index in [0.29, 0.717) is 24.6 Å². The standard InChI is InChI=1S/C17H26N4O3S/c1-4-7-11-20-12-10-14(24-15(22)9-6-3)21(17(20)23)16-19-18-13(25-16)8-5-2/h6,14H,3-5,7-12H2,1-2H3. The van der Waals surface area contributed by atoms with E-state index in [1.807, 2.05) is 0 Å². The lowest BCUT2D eigenvalue weighted by molar-refractivity contribution is -0.148. The number of rotatable bonds is 9. The summed E-state index contributed by atoms with van der Waals surface area (Å²) in [7, 11) is 0. The number of ether oxygens (including phenoxy) is 1. The van der Waals surface area contributed by atoms with Gasteiger partial charge < -0.3 is 9.64 Å². The number of anilines is 1. The molecule has 1 aliphatic rings. The molecule has 7 nitrogen and oxygen atoms in total. The zero-order chi connectivity index (χ0) is 18.2. The molecular weight excluding hydrogens is 340 g/mol. The van der Waals surface area contributed by atoms with Crippen molar-refractivity contribution < 1.29 is 14.3 Å². The Kier molecular flexibility index (Phi) is 7.36. The van der Waals surface area contributed by atoms with Crippen molar-refractivity contribution in [2.45, 2.75) is 58.6 Å². The Hall–Kier alpha value is -1.96. The van der Waals surface area contributed by atoms with Crippen LogP contribution in [0.4, 0.5) is 9.93 Å². The lowest BCUT2D eigenvalue weighted by Crippen LogP contribution is -2.56. The molecule has 1 unspecified atom stereocenters. The molecule has 1 aromatic heterocycles. The number of hydrogen-bond donors (Lipinski definition) is 0. The SMILES string of the molecule is C=CCC(=O)OC1CCN(CCCC)C(=O)N1c1nnc(CCC)s1. The van der Waals surface area contributed by atoms with E-state index < -0.39 is 12.2 Å². The third-order valence-corrected chi connectivity index (χ3v) is 4.88. The van der Waals surface area contributed by atoms with Gasteiger partial charge in [0.25, 0.3) is 0 Å². The Bertz CT molecular complexity index is 604. The van der Waals surface area contributed by atoms with Crippen LogP contribution in [0, 0.1) is 0 Å². The van der Waals surface area contributed by atoms with Crippen molar-refractivity contribution in [1.82, 2.24) is 15.1 Å². The Morgan fingerprint density at radius 3 is 2.88 bits per heavy atom. The van der Waals surface area contributed by atoms with Crippen LogP contribution in [-0.4, -0.2) is 46.4 Å². The second-order valence-electron chi connectivity index (χ2n) is 5.95. The lowest BCUT2D eigenvalue weighted by Gasteiger charge is -2.39. The minimum Gasteiger partial charge on any atom is -0.441 e. The molecule has 1 atom stereocenters. The fourth-order valence-electron chi connectivity index (χ4n) is 2.61. The topological polar surface area (TPSA) is 75.6 Å². The molecule has 25 heavy (non-hydrogen) atoms. The van der Waals surface area contributed by atoms with Gasteiger partial charge in [-0.2, -0.15) is 0 Å². The molecule has 0 aromatic carbocycles. The van der Waals surface area contributed by atoms with Crippen molar-refractivity contribution in [2.24, 2.45) is 0 Å². The monoisotopic (exact) mass is 366 g/mol. The molecule has 1 aromatic rings. The van der Waals surface area contributed by atoms with Crippen LogP contribution in [0.2, 0.25) is 0 Å². The first kappa shape index (κ1) is 19.4. The van der Waals surface area contributed by atoms with E-state index in [0.717, 1.165) is 30.7 Å². The van der Waals surface area contributed by atoms with Crippen molar-refractivity contribution in [2.75, 3.05) is 18.0 Å². The molecule has 2 amide bonds. The van der Waals surface area contributed by atoms with Crippen LogP contribution in [0.25, 0.3) is 0 Å². The molecule has 0 radical (unpaired) electrons. The molecule has 2 heterocycles. The van der Waals surface area contributed by atoms with Gasteiger partial charge in [0.15, 0.2) is 6.23 Å². The van der Waals surface area contributed by atoms with Crippen LogP contribution in [-0.2, 0) is 16.0 Å². The summed E-state index contributed by atoms with van der Waals surface area (Å²) in [5, 5.41) is 9.69. The predicted molar refractivity (Wildman–Crippen MR) is 97.6 cm³/mol. The normalized spacial score (nSPS) is 17.7. The molecule has 2 rings (SSSR count). The molecule has 1 saturated heterocycles. The molecule has 138 valence electrons. The lowest BCUT2D eigenvalue weighted by atomic mass is 10.2. The van der Waals surface area contributed by atoms with Crippen LogP contribution in [0.1, 0.15) is 51.0 Å². The van der Waals surface area contributed by atoms with E-state index in [1.54, 1.807) is 4.90 Å². The van der Waals surface area contributed by atoms with Crippen LogP contribution >= 0.6 is 11.3 Å². The van der Waals surface area contributed by atoms with Gasteiger partial charge in [0.1, 0.15) is 5.01 Å². The van der Waals surface area contributed by atoms with Crippen molar-refractivity contribution in [3.05, 3.63) is 17.7 Å². The van der Waals surface area contributed by atoms with Gasteiger partial charge in [-0.05, 0) is 12.8 Å². The Labute approximate surface area is 152 Å². The summed E-state index contributed by atoms with van der Waals surface area (Å²) in [4.78, 5) is 28.1. The summed E-state index contributed by atoms with van der Waals surface area (Å²) in [5.74, 6) is -0.391. The molecule has 0 aliphatic carbocycles. The van der Waals surface area contributed by atoms with Gasteiger partial charge in [-0.1, -0.05) is 37.7 Å². The number of carbonyl (C=O) groups excluding carboxylic acids is 2. The first-order valence-corrected chi connectivity index (χ1v) is 9.63. The number of carbonyl (C=O) groups is 2. The maximum Gasteiger partial charge on any atom is 0.329 e. The van der Waals surface area contributed by atoms with Gasteiger partial charge in [0.05, 0.1) is 6.42 Å². The number of nitrogens with zero attached hydrogens (tertiary/aromatic N) is 4. The Morgan fingerprint density at radius 2 is 2.20 bits per heavy atom. The van der Waals surface area contributed by atoms with E-state index >= 15 is 0 Å². The molecule has 8 heteroatoms. The molecule has 0 saturated carbocycles. The van der Waals surface area contributed by atoms with E-state index in [4.69, 9.17) is 4.74 Å². The van der Waals surface area contributed by atoms with E-state index in [-0.39, 0.29) is 12.5 Å². The highest BCUT2D eigenvalue weighted by molar-refractivity contribution is 7.15. The number of aryl methyl sites for hydroxylation is 1. The molecule has 0 spiro atoms. The smallest absolute Gasteiger partial charge is 0.329 e. The molecule has 1 fully saturated rings. The second kappa shape index (κ2) is 9.50. The third kappa shape index (κ3) is 5.01. The van der Waals surface area contributed by atoms with Crippen molar-refractivity contribution in [3.8, 4) is 0 Å². The minimum atomic E-state index is -0.639. The van der Waals surface area contributed by atoms with E-state index in [1.165, 1.54) is 22.3 Å². The third-order valence-electron chi connectivity index (χ3n) is 3.90. The van der Waals surface area contributed by atoms with Gasteiger partial charge in [0.2, 0.25) is 5.13 Å². The van der Waals surface area contributed by atoms with Gasteiger partial charge in [-0.15, -0.1) is 16.8 Å². The average molecular weight is 366 g/mol. The van der Waals surface area contributed by atoms with E-state index in [2.05, 4.69) is 30.6 Å². The largest absolute Gasteiger partial charge is 0.441 e. The zero-order valence-electron chi connectivity index (χ0n) is 14.9. The van der Waals surface area contributed by atoms with Crippen LogP contribution < -0.4 is 4.90 Å². The van der Waals surface area contributed by atoms with Gasteiger partial charge in [-0.3, -0.25) is 4.79 Å². The summed E-state index contributed by atoms with van der Waals surface area (Å²) < 4.78 is 5.50. The first-order chi connectivity index (χ1) is 12.1. The summed E-state index contributed by atoms with van der Waals surface area (Å²) in [6.45, 7) is 8.97. The Morgan fingerprint density at radius 1 is 1.40 bits per heavy atom. The Balaban J connectivity index is 2.20. The highest BCUT2D eigenvalue weighted by atomic mass is 32.1. The summed E-state index contributed by atoms with van der Waals surface area (Å²) in [6.07, 6.45) is 5.27. The van der Waals surface area contributed by atoms with Crippen molar-refractivity contribution >= 4 is 28.5 Å². The highest BCUT2D eigenvalue weighted by Crippen LogP contribution is 2.29. The molecular formula is C17H26N4O3S. The predicted octanol–water partition coefficient (Wildman–Crippen LogP) is 3.37. The molecule has 0 bridgehead atoms. The number of amides is 2. The number of hydrogen-bond acceptors (Lipinski definition) is 6.